The molecule has 2 aromatic rings. The van der Waals surface area contributed by atoms with Gasteiger partial charge >= 0.3 is 6.18 Å². The third kappa shape index (κ3) is 1.96. The van der Waals surface area contributed by atoms with Crippen LogP contribution in [0.2, 0.25) is 0 Å². The Hall–Kier alpha value is -1.71. The molecule has 84 valence electrons. The van der Waals surface area contributed by atoms with Crippen LogP contribution in [0.5, 0.6) is 5.75 Å². The molecule has 0 aliphatic carbocycles. The largest absolute Gasteiger partial charge is 0.497 e. The van der Waals surface area contributed by atoms with E-state index in [0.29, 0.717) is 11.1 Å². The van der Waals surface area contributed by atoms with Crippen molar-refractivity contribution in [3.8, 4) is 5.75 Å². The minimum atomic E-state index is -4.31. The second kappa shape index (κ2) is 3.70. The Morgan fingerprint density at radius 2 is 1.62 bits per heavy atom. The van der Waals surface area contributed by atoms with Crippen molar-refractivity contribution in [3.05, 3.63) is 42.0 Å². The summed E-state index contributed by atoms with van der Waals surface area (Å²) in [5, 5.41) is 1.28. The van der Waals surface area contributed by atoms with Crippen molar-refractivity contribution in [2.75, 3.05) is 7.11 Å². The Balaban J connectivity index is 2.59. The minimum absolute atomic E-state index is 0.522. The molecule has 0 saturated heterocycles. The molecular formula is C12H9F3O. The van der Waals surface area contributed by atoms with Crippen LogP contribution in [0.15, 0.2) is 36.4 Å². The molecule has 0 spiro atoms. The Labute approximate surface area is 90.5 Å². The van der Waals surface area contributed by atoms with Gasteiger partial charge in [0.1, 0.15) is 5.75 Å². The summed E-state index contributed by atoms with van der Waals surface area (Å²) in [7, 11) is 1.48. The number of hydrogen-bond acceptors (Lipinski definition) is 1. The summed E-state index contributed by atoms with van der Waals surface area (Å²) < 4.78 is 42.4. The summed E-state index contributed by atoms with van der Waals surface area (Å²) >= 11 is 0. The maximum absolute atomic E-state index is 12.5. The molecule has 0 heterocycles. The lowest BCUT2D eigenvalue weighted by Crippen LogP contribution is -2.04. The molecule has 0 N–H and O–H groups in total. The molecule has 0 aliphatic rings. The highest BCUT2D eigenvalue weighted by Crippen LogP contribution is 2.32. The maximum atomic E-state index is 12.5. The van der Waals surface area contributed by atoms with E-state index in [1.807, 2.05) is 0 Å². The summed E-state index contributed by atoms with van der Waals surface area (Å²) in [6, 6.07) is 8.69. The Bertz CT molecular complexity index is 517. The SMILES string of the molecule is COc1ccc2ccc(C(F)(F)F)cc2c1. The Kier molecular flexibility index (Phi) is 2.50. The number of fused-ring (bicyclic) bond motifs is 1. The molecule has 0 atom stereocenters. The Morgan fingerprint density at radius 3 is 2.25 bits per heavy atom. The minimum Gasteiger partial charge on any atom is -0.497 e. The molecule has 16 heavy (non-hydrogen) atoms. The molecular weight excluding hydrogens is 217 g/mol. The van der Waals surface area contributed by atoms with E-state index >= 15 is 0 Å². The number of halogens is 3. The first-order valence-corrected chi connectivity index (χ1v) is 4.66. The lowest BCUT2D eigenvalue weighted by molar-refractivity contribution is -0.137. The fraction of sp³-hybridized carbons (Fsp3) is 0.167. The summed E-state index contributed by atoms with van der Waals surface area (Å²) in [5.74, 6) is 0.548. The quantitative estimate of drug-likeness (QED) is 0.717. The predicted molar refractivity (Wildman–Crippen MR) is 55.5 cm³/mol. The van der Waals surface area contributed by atoms with Crippen LogP contribution in [0.3, 0.4) is 0 Å². The number of ether oxygens (including phenoxy) is 1. The highest BCUT2D eigenvalue weighted by molar-refractivity contribution is 5.84. The third-order valence-electron chi connectivity index (χ3n) is 2.37. The number of benzene rings is 2. The smallest absolute Gasteiger partial charge is 0.416 e. The zero-order valence-electron chi connectivity index (χ0n) is 8.51. The van der Waals surface area contributed by atoms with Gasteiger partial charge in [0, 0.05) is 0 Å². The van der Waals surface area contributed by atoms with Gasteiger partial charge in [-0.2, -0.15) is 13.2 Å². The van der Waals surface area contributed by atoms with Crippen LogP contribution in [-0.2, 0) is 6.18 Å². The number of rotatable bonds is 1. The zero-order valence-corrected chi connectivity index (χ0v) is 8.51. The summed E-state index contributed by atoms with van der Waals surface area (Å²) in [6.45, 7) is 0. The molecule has 2 aromatic carbocycles. The highest BCUT2D eigenvalue weighted by atomic mass is 19.4. The topological polar surface area (TPSA) is 9.23 Å². The average molecular weight is 226 g/mol. The predicted octanol–water partition coefficient (Wildman–Crippen LogP) is 3.87. The molecule has 0 saturated carbocycles. The highest BCUT2D eigenvalue weighted by Gasteiger charge is 2.30. The van der Waals surface area contributed by atoms with E-state index in [9.17, 15) is 13.2 Å². The van der Waals surface area contributed by atoms with E-state index in [0.717, 1.165) is 17.5 Å². The van der Waals surface area contributed by atoms with Crippen LogP contribution >= 0.6 is 0 Å². The van der Waals surface area contributed by atoms with Gasteiger partial charge in [0.15, 0.2) is 0 Å². The van der Waals surface area contributed by atoms with Gasteiger partial charge in [-0.15, -0.1) is 0 Å². The molecule has 0 bridgehead atoms. The van der Waals surface area contributed by atoms with Gasteiger partial charge in [0.05, 0.1) is 12.7 Å². The van der Waals surface area contributed by atoms with Gasteiger partial charge in [-0.3, -0.25) is 0 Å². The van der Waals surface area contributed by atoms with Crippen molar-refractivity contribution < 1.29 is 17.9 Å². The molecule has 0 radical (unpaired) electrons. The third-order valence-corrected chi connectivity index (χ3v) is 2.37. The number of methoxy groups -OCH3 is 1. The second-order valence-electron chi connectivity index (χ2n) is 3.43. The summed E-state index contributed by atoms with van der Waals surface area (Å²) in [6.07, 6.45) is -4.31. The molecule has 4 heteroatoms. The molecule has 0 aromatic heterocycles. The second-order valence-corrected chi connectivity index (χ2v) is 3.43. The van der Waals surface area contributed by atoms with Crippen LogP contribution in [-0.4, -0.2) is 7.11 Å². The summed E-state index contributed by atoms with van der Waals surface area (Å²) in [5.41, 5.74) is -0.645. The summed E-state index contributed by atoms with van der Waals surface area (Å²) in [4.78, 5) is 0. The van der Waals surface area contributed by atoms with Crippen LogP contribution in [0.4, 0.5) is 13.2 Å². The average Bonchev–Trinajstić information content (AvgIpc) is 2.26. The monoisotopic (exact) mass is 226 g/mol. The fourth-order valence-electron chi connectivity index (χ4n) is 1.53. The van der Waals surface area contributed by atoms with Crippen molar-refractivity contribution in [1.29, 1.82) is 0 Å². The first kappa shape index (κ1) is 10.8. The van der Waals surface area contributed by atoms with Crippen molar-refractivity contribution in [3.63, 3.8) is 0 Å². The molecule has 2 rings (SSSR count). The molecule has 0 unspecified atom stereocenters. The van der Waals surface area contributed by atoms with E-state index in [1.165, 1.54) is 13.2 Å². The van der Waals surface area contributed by atoms with Gasteiger partial charge in [-0.1, -0.05) is 12.1 Å². The van der Waals surface area contributed by atoms with Gasteiger partial charge in [-0.05, 0) is 35.0 Å². The van der Waals surface area contributed by atoms with E-state index in [-0.39, 0.29) is 0 Å². The standard InChI is InChI=1S/C12H9F3O/c1-16-11-5-3-8-2-4-10(12(13,14)15)6-9(8)7-11/h2-7H,1H3. The molecule has 0 amide bonds. The van der Waals surface area contributed by atoms with Crippen LogP contribution in [0, 0.1) is 0 Å². The first-order valence-electron chi connectivity index (χ1n) is 4.66. The number of hydrogen-bond donors (Lipinski definition) is 0. The van der Waals surface area contributed by atoms with Crippen LogP contribution < -0.4 is 4.74 Å². The van der Waals surface area contributed by atoms with Crippen LogP contribution in [0.25, 0.3) is 10.8 Å². The van der Waals surface area contributed by atoms with E-state index in [4.69, 9.17) is 4.74 Å². The lowest BCUT2D eigenvalue weighted by Gasteiger charge is -2.08. The fourth-order valence-corrected chi connectivity index (χ4v) is 1.53. The van der Waals surface area contributed by atoms with Gasteiger partial charge < -0.3 is 4.74 Å². The van der Waals surface area contributed by atoms with Crippen molar-refractivity contribution >= 4 is 10.8 Å². The van der Waals surface area contributed by atoms with Gasteiger partial charge in [0.2, 0.25) is 0 Å². The van der Waals surface area contributed by atoms with E-state index in [1.54, 1.807) is 18.2 Å². The molecule has 0 aliphatic heterocycles. The molecule has 1 nitrogen and oxygen atoms in total. The van der Waals surface area contributed by atoms with Gasteiger partial charge in [-0.25, -0.2) is 0 Å². The maximum Gasteiger partial charge on any atom is 0.416 e. The normalized spacial score (nSPS) is 11.8. The zero-order chi connectivity index (χ0) is 11.8. The van der Waals surface area contributed by atoms with Crippen molar-refractivity contribution in [2.24, 2.45) is 0 Å². The first-order chi connectivity index (χ1) is 7.50. The van der Waals surface area contributed by atoms with Crippen molar-refractivity contribution in [2.45, 2.75) is 6.18 Å². The van der Waals surface area contributed by atoms with Crippen LogP contribution in [0.1, 0.15) is 5.56 Å². The van der Waals surface area contributed by atoms with E-state index in [2.05, 4.69) is 0 Å². The number of alkyl halides is 3. The van der Waals surface area contributed by atoms with Crippen molar-refractivity contribution in [1.82, 2.24) is 0 Å². The lowest BCUT2D eigenvalue weighted by atomic mass is 10.1. The van der Waals surface area contributed by atoms with E-state index < -0.39 is 11.7 Å². The Morgan fingerprint density at radius 1 is 0.938 bits per heavy atom. The van der Waals surface area contributed by atoms with Gasteiger partial charge in [0.25, 0.3) is 0 Å². The molecule has 0 fully saturated rings.